The van der Waals surface area contributed by atoms with Crippen molar-refractivity contribution in [3.05, 3.63) is 59.7 Å². The van der Waals surface area contributed by atoms with Gasteiger partial charge in [-0.3, -0.25) is 0 Å². The number of benzene rings is 2. The summed E-state index contributed by atoms with van der Waals surface area (Å²) in [4.78, 5) is 13.4. The third-order valence-electron chi connectivity index (χ3n) is 5.46. The number of carbonyl (C=O) groups excluding carboxylic acids is 1. The number of aromatic hydroxyl groups is 1. The first kappa shape index (κ1) is 21.6. The van der Waals surface area contributed by atoms with Crippen molar-refractivity contribution in [1.29, 1.82) is 0 Å². The van der Waals surface area contributed by atoms with E-state index in [1.807, 2.05) is 50.2 Å². The van der Waals surface area contributed by atoms with Crippen LogP contribution in [-0.2, 0) is 14.9 Å². The number of ether oxygens (including phenoxy) is 1. The highest BCUT2D eigenvalue weighted by Gasteiger charge is 2.27. The van der Waals surface area contributed by atoms with E-state index in [0.717, 1.165) is 28.6 Å². The van der Waals surface area contributed by atoms with Crippen LogP contribution >= 0.6 is 0 Å². The molecule has 1 atom stereocenters. The summed E-state index contributed by atoms with van der Waals surface area (Å²) < 4.78 is 5.43. The number of esters is 1. The SMILES string of the molecule is C=C(C)C(=O)OCC(C)(C)c1cc(C(C)CC)c(O)c(-n2nc3ccccc3n2)c1. The summed E-state index contributed by atoms with van der Waals surface area (Å²) >= 11 is 0. The largest absolute Gasteiger partial charge is 0.505 e. The molecule has 1 N–H and O–H groups in total. The Hall–Kier alpha value is -3.15. The highest BCUT2D eigenvalue weighted by molar-refractivity contribution is 5.87. The normalized spacial score (nSPS) is 12.7. The standard InChI is InChI=1S/C24H29N3O3/c1-7-16(4)18-12-17(24(5,6)14-30-23(29)15(2)3)13-21(22(18)28)27-25-19-10-8-9-11-20(19)26-27/h8-13,16,28H,2,7,14H2,1,3-6H3. The molecule has 0 aliphatic heterocycles. The molecule has 1 unspecified atom stereocenters. The molecule has 0 aliphatic carbocycles. The van der Waals surface area contributed by atoms with Gasteiger partial charge < -0.3 is 9.84 Å². The number of aromatic nitrogens is 3. The van der Waals surface area contributed by atoms with E-state index in [0.29, 0.717) is 11.3 Å². The third kappa shape index (κ3) is 4.22. The fourth-order valence-electron chi connectivity index (χ4n) is 3.20. The molecule has 0 bridgehead atoms. The Morgan fingerprint density at radius 3 is 2.37 bits per heavy atom. The minimum Gasteiger partial charge on any atom is -0.505 e. The van der Waals surface area contributed by atoms with E-state index in [2.05, 4.69) is 30.6 Å². The number of rotatable bonds is 7. The summed E-state index contributed by atoms with van der Waals surface area (Å²) in [5, 5.41) is 20.1. The molecular weight excluding hydrogens is 378 g/mol. The smallest absolute Gasteiger partial charge is 0.333 e. The Morgan fingerprint density at radius 2 is 1.83 bits per heavy atom. The maximum atomic E-state index is 11.9. The topological polar surface area (TPSA) is 77.2 Å². The Bertz CT molecular complexity index is 1070. The molecule has 6 heteroatoms. The van der Waals surface area contributed by atoms with E-state index in [1.165, 1.54) is 4.80 Å². The first-order valence-corrected chi connectivity index (χ1v) is 10.2. The van der Waals surface area contributed by atoms with Crippen LogP contribution in [0, 0.1) is 0 Å². The molecule has 1 heterocycles. The van der Waals surface area contributed by atoms with Gasteiger partial charge in [0, 0.05) is 11.0 Å². The summed E-state index contributed by atoms with van der Waals surface area (Å²) in [6.07, 6.45) is 0.871. The second kappa shape index (κ2) is 8.30. The molecule has 158 valence electrons. The lowest BCUT2D eigenvalue weighted by Crippen LogP contribution is -2.27. The molecule has 0 saturated heterocycles. The van der Waals surface area contributed by atoms with Gasteiger partial charge in [0.2, 0.25) is 0 Å². The van der Waals surface area contributed by atoms with Crippen molar-refractivity contribution in [1.82, 2.24) is 15.0 Å². The maximum Gasteiger partial charge on any atom is 0.333 e. The van der Waals surface area contributed by atoms with E-state index in [9.17, 15) is 9.90 Å². The zero-order valence-corrected chi connectivity index (χ0v) is 18.3. The van der Waals surface area contributed by atoms with Gasteiger partial charge >= 0.3 is 5.97 Å². The second-order valence-electron chi connectivity index (χ2n) is 8.46. The van der Waals surface area contributed by atoms with Gasteiger partial charge in [0.05, 0.1) is 0 Å². The summed E-state index contributed by atoms with van der Waals surface area (Å²) in [5.41, 5.74) is 3.65. The van der Waals surface area contributed by atoms with E-state index in [1.54, 1.807) is 6.92 Å². The molecule has 1 aromatic heterocycles. The fraction of sp³-hybridized carbons (Fsp3) is 0.375. The summed E-state index contributed by atoms with van der Waals surface area (Å²) in [6.45, 7) is 13.6. The molecule has 0 saturated carbocycles. The first-order chi connectivity index (χ1) is 14.1. The van der Waals surface area contributed by atoms with Crippen molar-refractivity contribution in [3.8, 4) is 11.4 Å². The van der Waals surface area contributed by atoms with Crippen molar-refractivity contribution in [2.24, 2.45) is 0 Å². The summed E-state index contributed by atoms with van der Waals surface area (Å²) in [5.74, 6) is -0.102. The van der Waals surface area contributed by atoms with Crippen LogP contribution in [-0.4, -0.2) is 32.7 Å². The Labute approximate surface area is 177 Å². The maximum absolute atomic E-state index is 11.9. The summed E-state index contributed by atoms with van der Waals surface area (Å²) in [7, 11) is 0. The van der Waals surface area contributed by atoms with Gasteiger partial charge in [0.1, 0.15) is 29.1 Å². The van der Waals surface area contributed by atoms with E-state index in [-0.39, 0.29) is 18.3 Å². The van der Waals surface area contributed by atoms with Gasteiger partial charge in [-0.2, -0.15) is 0 Å². The minimum absolute atomic E-state index is 0.141. The van der Waals surface area contributed by atoms with Crippen molar-refractivity contribution < 1.29 is 14.6 Å². The van der Waals surface area contributed by atoms with Crippen LogP contribution in [0.15, 0.2) is 48.6 Å². The number of phenols is 1. The van der Waals surface area contributed by atoms with Crippen molar-refractivity contribution >= 4 is 17.0 Å². The monoisotopic (exact) mass is 407 g/mol. The Kier molecular flexibility index (Phi) is 5.97. The highest BCUT2D eigenvalue weighted by Crippen LogP contribution is 2.38. The molecule has 0 amide bonds. The minimum atomic E-state index is -0.484. The van der Waals surface area contributed by atoms with Gasteiger partial charge in [0.25, 0.3) is 0 Å². The van der Waals surface area contributed by atoms with Gasteiger partial charge in [-0.15, -0.1) is 15.0 Å². The molecule has 6 nitrogen and oxygen atoms in total. The number of fused-ring (bicyclic) bond motifs is 1. The van der Waals surface area contributed by atoms with Crippen LogP contribution in [0.4, 0.5) is 0 Å². The quantitative estimate of drug-likeness (QED) is 0.439. The van der Waals surface area contributed by atoms with E-state index < -0.39 is 11.4 Å². The molecule has 0 aliphatic rings. The third-order valence-corrected chi connectivity index (χ3v) is 5.46. The van der Waals surface area contributed by atoms with Gasteiger partial charge in [-0.05, 0) is 48.6 Å². The van der Waals surface area contributed by atoms with Crippen LogP contribution in [0.3, 0.4) is 0 Å². The molecule has 3 rings (SSSR count). The lowest BCUT2D eigenvalue weighted by Gasteiger charge is -2.27. The van der Waals surface area contributed by atoms with Crippen LogP contribution in [0.2, 0.25) is 0 Å². The van der Waals surface area contributed by atoms with Crippen LogP contribution in [0.1, 0.15) is 58.1 Å². The Balaban J connectivity index is 2.10. The van der Waals surface area contributed by atoms with Crippen molar-refractivity contribution in [2.75, 3.05) is 6.61 Å². The molecule has 0 fully saturated rings. The van der Waals surface area contributed by atoms with Gasteiger partial charge in [0.15, 0.2) is 0 Å². The molecule has 30 heavy (non-hydrogen) atoms. The average molecular weight is 408 g/mol. The Morgan fingerprint density at radius 1 is 1.23 bits per heavy atom. The zero-order chi connectivity index (χ0) is 22.1. The summed E-state index contributed by atoms with van der Waals surface area (Å²) in [6, 6.07) is 11.4. The van der Waals surface area contributed by atoms with Gasteiger partial charge in [-0.1, -0.05) is 52.5 Å². The highest BCUT2D eigenvalue weighted by atomic mass is 16.5. The zero-order valence-electron chi connectivity index (χ0n) is 18.3. The van der Waals surface area contributed by atoms with Crippen LogP contribution in [0.25, 0.3) is 16.7 Å². The van der Waals surface area contributed by atoms with Crippen LogP contribution in [0.5, 0.6) is 5.75 Å². The molecule has 0 spiro atoms. The van der Waals surface area contributed by atoms with Crippen molar-refractivity contribution in [2.45, 2.75) is 52.4 Å². The van der Waals surface area contributed by atoms with E-state index in [4.69, 9.17) is 4.74 Å². The average Bonchev–Trinajstić information content (AvgIpc) is 3.15. The first-order valence-electron chi connectivity index (χ1n) is 10.2. The van der Waals surface area contributed by atoms with Crippen molar-refractivity contribution in [3.63, 3.8) is 0 Å². The fourth-order valence-corrected chi connectivity index (χ4v) is 3.20. The number of hydrogen-bond donors (Lipinski definition) is 1. The number of carbonyl (C=O) groups is 1. The lowest BCUT2D eigenvalue weighted by molar-refractivity contribution is -0.140. The van der Waals surface area contributed by atoms with Crippen LogP contribution < -0.4 is 0 Å². The molecular formula is C24H29N3O3. The lowest BCUT2D eigenvalue weighted by atomic mass is 9.82. The number of nitrogens with zero attached hydrogens (tertiary/aromatic N) is 3. The number of phenolic OH excluding ortho intramolecular Hbond substituents is 1. The number of hydrogen-bond acceptors (Lipinski definition) is 5. The molecule has 3 aromatic rings. The molecule has 2 aromatic carbocycles. The second-order valence-corrected chi connectivity index (χ2v) is 8.46. The predicted octanol–water partition coefficient (Wildman–Crippen LogP) is 5.04. The molecule has 0 radical (unpaired) electrons. The van der Waals surface area contributed by atoms with Gasteiger partial charge in [-0.25, -0.2) is 4.79 Å². The van der Waals surface area contributed by atoms with E-state index >= 15 is 0 Å². The predicted molar refractivity (Wildman–Crippen MR) is 118 cm³/mol.